The summed E-state index contributed by atoms with van der Waals surface area (Å²) in [7, 11) is 1.56. The topological polar surface area (TPSA) is 72.9 Å². The molecule has 6 heteroatoms. The number of allylic oxidation sites excluding steroid dienone is 2. The number of ether oxygens (including phenoxy) is 2. The number of carbonyl (C=O) groups excluding carboxylic acids is 3. The highest BCUT2D eigenvalue weighted by molar-refractivity contribution is 6.22. The molecule has 0 saturated carbocycles. The van der Waals surface area contributed by atoms with Crippen molar-refractivity contribution in [2.24, 2.45) is 11.8 Å². The number of fused-ring (bicyclic) bond motifs is 1. The number of anilines is 1. The Kier molecular flexibility index (Phi) is 5.16. The highest BCUT2D eigenvalue weighted by Crippen LogP contribution is 2.38. The summed E-state index contributed by atoms with van der Waals surface area (Å²) in [5, 5.41) is 0. The summed E-state index contributed by atoms with van der Waals surface area (Å²) >= 11 is 0. The van der Waals surface area contributed by atoms with E-state index in [1.807, 2.05) is 12.2 Å². The van der Waals surface area contributed by atoms with Crippen molar-refractivity contribution in [2.45, 2.75) is 12.8 Å². The van der Waals surface area contributed by atoms with E-state index in [0.717, 1.165) is 0 Å². The van der Waals surface area contributed by atoms with E-state index in [1.54, 1.807) is 55.6 Å². The predicted octanol–water partition coefficient (Wildman–Crippen LogP) is 3.41. The summed E-state index contributed by atoms with van der Waals surface area (Å²) in [6.07, 6.45) is 5.11. The van der Waals surface area contributed by atoms with Gasteiger partial charge in [0.2, 0.25) is 11.8 Å². The minimum atomic E-state index is -0.284. The van der Waals surface area contributed by atoms with Crippen LogP contribution in [0.15, 0.2) is 60.7 Å². The van der Waals surface area contributed by atoms with Crippen LogP contribution in [0.4, 0.5) is 5.69 Å². The third kappa shape index (κ3) is 3.66. The number of nitrogens with zero attached hydrogens (tertiary/aromatic N) is 1. The molecule has 1 heterocycles. The minimum Gasteiger partial charge on any atom is -0.497 e. The fourth-order valence-corrected chi connectivity index (χ4v) is 3.78. The largest absolute Gasteiger partial charge is 0.497 e. The van der Waals surface area contributed by atoms with Gasteiger partial charge in [0.25, 0.3) is 0 Å². The normalized spacial score (nSPS) is 20.5. The van der Waals surface area contributed by atoms with Crippen molar-refractivity contribution in [3.05, 3.63) is 66.2 Å². The third-order valence-corrected chi connectivity index (χ3v) is 5.37. The SMILES string of the molecule is COc1ccc(C(=O)COc2cccc(N3C(=O)C4CC=CCC4C3=O)c2)cc1. The van der Waals surface area contributed by atoms with Crippen molar-refractivity contribution in [3.8, 4) is 11.5 Å². The number of imide groups is 1. The van der Waals surface area contributed by atoms with E-state index in [2.05, 4.69) is 0 Å². The summed E-state index contributed by atoms with van der Waals surface area (Å²) in [6.45, 7) is -0.146. The van der Waals surface area contributed by atoms with Crippen LogP contribution in [-0.4, -0.2) is 31.3 Å². The second-order valence-electron chi connectivity index (χ2n) is 7.11. The molecular weight excluding hydrogens is 370 g/mol. The zero-order valence-electron chi connectivity index (χ0n) is 16.0. The van der Waals surface area contributed by atoms with Crippen molar-refractivity contribution in [1.29, 1.82) is 0 Å². The van der Waals surface area contributed by atoms with Gasteiger partial charge in [-0.25, -0.2) is 4.90 Å². The summed E-state index contributed by atoms with van der Waals surface area (Å²) in [4.78, 5) is 39.1. The first-order valence-corrected chi connectivity index (χ1v) is 9.51. The van der Waals surface area contributed by atoms with Crippen LogP contribution in [0.3, 0.4) is 0 Å². The minimum absolute atomic E-state index is 0.146. The van der Waals surface area contributed by atoms with Gasteiger partial charge in [-0.2, -0.15) is 0 Å². The molecule has 0 aromatic heterocycles. The maximum atomic E-state index is 12.7. The number of carbonyl (C=O) groups is 3. The van der Waals surface area contributed by atoms with E-state index in [1.165, 1.54) is 4.90 Å². The molecule has 29 heavy (non-hydrogen) atoms. The average Bonchev–Trinajstić information content (AvgIpc) is 3.02. The van der Waals surface area contributed by atoms with Gasteiger partial charge in [0.15, 0.2) is 12.4 Å². The summed E-state index contributed by atoms with van der Waals surface area (Å²) in [5.74, 6) is 0.0152. The van der Waals surface area contributed by atoms with E-state index in [4.69, 9.17) is 9.47 Å². The Bertz CT molecular complexity index is 953. The molecule has 2 atom stereocenters. The zero-order chi connectivity index (χ0) is 20.4. The van der Waals surface area contributed by atoms with Gasteiger partial charge < -0.3 is 9.47 Å². The van der Waals surface area contributed by atoms with Crippen LogP contribution in [0.2, 0.25) is 0 Å². The molecular formula is C23H21NO5. The lowest BCUT2D eigenvalue weighted by molar-refractivity contribution is -0.122. The van der Waals surface area contributed by atoms with Crippen LogP contribution in [0, 0.1) is 11.8 Å². The van der Waals surface area contributed by atoms with Crippen molar-refractivity contribution < 1.29 is 23.9 Å². The Labute approximate surface area is 168 Å². The molecule has 0 bridgehead atoms. The van der Waals surface area contributed by atoms with E-state index >= 15 is 0 Å². The lowest BCUT2D eigenvalue weighted by atomic mass is 9.85. The number of benzene rings is 2. The van der Waals surface area contributed by atoms with Crippen LogP contribution < -0.4 is 14.4 Å². The maximum absolute atomic E-state index is 12.7. The lowest BCUT2D eigenvalue weighted by Gasteiger charge is -2.16. The number of rotatable bonds is 6. The van der Waals surface area contributed by atoms with E-state index in [-0.39, 0.29) is 36.0 Å². The Morgan fingerprint density at radius 3 is 2.24 bits per heavy atom. The monoisotopic (exact) mass is 391 g/mol. The average molecular weight is 391 g/mol. The first kappa shape index (κ1) is 18.9. The van der Waals surface area contributed by atoms with Crippen LogP contribution in [0.1, 0.15) is 23.2 Å². The lowest BCUT2D eigenvalue weighted by Crippen LogP contribution is -2.30. The molecule has 2 aromatic carbocycles. The van der Waals surface area contributed by atoms with Crippen molar-refractivity contribution in [1.82, 2.24) is 0 Å². The van der Waals surface area contributed by atoms with Gasteiger partial charge in [-0.1, -0.05) is 18.2 Å². The zero-order valence-corrected chi connectivity index (χ0v) is 16.0. The molecule has 0 spiro atoms. The number of ketones is 1. The summed E-state index contributed by atoms with van der Waals surface area (Å²) in [6, 6.07) is 13.5. The van der Waals surface area contributed by atoms with Gasteiger partial charge in [-0.05, 0) is 49.2 Å². The number of amides is 2. The Morgan fingerprint density at radius 1 is 0.966 bits per heavy atom. The molecule has 2 unspecified atom stereocenters. The molecule has 4 rings (SSSR count). The van der Waals surface area contributed by atoms with Gasteiger partial charge in [0.05, 0.1) is 24.6 Å². The Balaban J connectivity index is 1.45. The first-order valence-electron chi connectivity index (χ1n) is 9.51. The van der Waals surface area contributed by atoms with Gasteiger partial charge in [-0.3, -0.25) is 14.4 Å². The van der Waals surface area contributed by atoms with Gasteiger partial charge in [0, 0.05) is 11.6 Å². The fourth-order valence-electron chi connectivity index (χ4n) is 3.78. The number of hydrogen-bond acceptors (Lipinski definition) is 5. The Morgan fingerprint density at radius 2 is 1.62 bits per heavy atom. The molecule has 2 aliphatic rings. The Hall–Kier alpha value is -3.41. The second kappa shape index (κ2) is 7.91. The predicted molar refractivity (Wildman–Crippen MR) is 107 cm³/mol. The molecule has 148 valence electrons. The number of Topliss-reactive ketones (excluding diaryl/α,β-unsaturated/α-hetero) is 1. The number of hydrogen-bond donors (Lipinski definition) is 0. The van der Waals surface area contributed by atoms with Crippen molar-refractivity contribution in [2.75, 3.05) is 18.6 Å². The van der Waals surface area contributed by atoms with Crippen LogP contribution in [0.5, 0.6) is 11.5 Å². The standard InChI is InChI=1S/C23H21NO5/c1-28-17-11-9-15(10-12-17)21(25)14-29-18-6-4-5-16(13-18)24-22(26)19-7-2-3-8-20(19)23(24)27/h2-6,9-13,19-20H,7-8,14H2,1H3. The molecule has 1 saturated heterocycles. The van der Waals surface area contributed by atoms with Crippen molar-refractivity contribution >= 4 is 23.3 Å². The van der Waals surface area contributed by atoms with Gasteiger partial charge >= 0.3 is 0 Å². The molecule has 1 aliphatic heterocycles. The third-order valence-electron chi connectivity index (χ3n) is 5.37. The van der Waals surface area contributed by atoms with Gasteiger partial charge in [0.1, 0.15) is 11.5 Å². The summed E-state index contributed by atoms with van der Waals surface area (Å²) in [5.41, 5.74) is 0.993. The van der Waals surface area contributed by atoms with Crippen LogP contribution in [-0.2, 0) is 9.59 Å². The second-order valence-corrected chi connectivity index (χ2v) is 7.11. The highest BCUT2D eigenvalue weighted by Gasteiger charge is 2.47. The van der Waals surface area contributed by atoms with Crippen molar-refractivity contribution in [3.63, 3.8) is 0 Å². The first-order chi connectivity index (χ1) is 14.1. The van der Waals surface area contributed by atoms with E-state index in [0.29, 0.717) is 35.6 Å². The molecule has 1 aliphatic carbocycles. The smallest absolute Gasteiger partial charge is 0.238 e. The highest BCUT2D eigenvalue weighted by atomic mass is 16.5. The fraction of sp³-hybridized carbons (Fsp3) is 0.261. The molecule has 0 N–H and O–H groups in total. The quantitative estimate of drug-likeness (QED) is 0.429. The van der Waals surface area contributed by atoms with E-state index in [9.17, 15) is 14.4 Å². The molecule has 2 amide bonds. The summed E-state index contributed by atoms with van der Waals surface area (Å²) < 4.78 is 10.7. The molecule has 6 nitrogen and oxygen atoms in total. The van der Waals surface area contributed by atoms with Crippen LogP contribution in [0.25, 0.3) is 0 Å². The molecule has 1 fully saturated rings. The molecule has 0 radical (unpaired) electrons. The number of methoxy groups -OCH3 is 1. The van der Waals surface area contributed by atoms with E-state index < -0.39 is 0 Å². The van der Waals surface area contributed by atoms with Gasteiger partial charge in [-0.15, -0.1) is 0 Å². The van der Waals surface area contributed by atoms with Crippen LogP contribution >= 0.6 is 0 Å². The maximum Gasteiger partial charge on any atom is 0.238 e. The molecule has 2 aromatic rings.